The Bertz CT molecular complexity index is 2020. The number of ketones is 1. The first-order valence-electron chi connectivity index (χ1n) is 16.9. The van der Waals surface area contributed by atoms with Crippen molar-refractivity contribution in [3.63, 3.8) is 0 Å². The molecule has 3 aromatic carbocycles. The van der Waals surface area contributed by atoms with E-state index in [0.29, 0.717) is 0 Å². The van der Waals surface area contributed by atoms with Crippen molar-refractivity contribution in [1.29, 1.82) is 0 Å². The van der Waals surface area contributed by atoms with Crippen molar-refractivity contribution < 1.29 is 43.2 Å². The average Bonchev–Trinajstić information content (AvgIpc) is 3.67. The molecule has 9 heteroatoms. The van der Waals surface area contributed by atoms with E-state index in [0.717, 1.165) is 32.8 Å². The smallest absolute Gasteiger partial charge is 0.454 e. The van der Waals surface area contributed by atoms with Crippen molar-refractivity contribution in [3.8, 4) is 21.7 Å². The van der Waals surface area contributed by atoms with Gasteiger partial charge in [0.15, 0.2) is 0 Å². The minimum atomic E-state index is -4.90. The minimum Gasteiger partial charge on any atom is -0.512 e. The van der Waals surface area contributed by atoms with Crippen molar-refractivity contribution in [3.05, 3.63) is 95.0 Å². The average molecular weight is 878 g/mol. The Balaban J connectivity index is 0.000000373. The van der Waals surface area contributed by atoms with Gasteiger partial charge >= 0.3 is 6.18 Å². The SMILES string of the molecule is CC(C)/C(O)=C/C(=O)C(F)(F)F.Cc1cc(CC2CCCC2)ccc1-c1sc2c(-c3[c-]c4ccccc4c(C(C)(C)C)c3)ncnc2c1C.[Ir]. The van der Waals surface area contributed by atoms with Gasteiger partial charge in [-0.05, 0) is 53.9 Å². The zero-order valence-electron chi connectivity index (χ0n) is 29.6. The van der Waals surface area contributed by atoms with Crippen LogP contribution in [0.25, 0.3) is 42.7 Å². The zero-order chi connectivity index (χ0) is 35.7. The Morgan fingerprint density at radius 1 is 1.04 bits per heavy atom. The monoisotopic (exact) mass is 878 g/mol. The van der Waals surface area contributed by atoms with Gasteiger partial charge in [-0.15, -0.1) is 40.5 Å². The van der Waals surface area contributed by atoms with Crippen molar-refractivity contribution in [2.24, 2.45) is 11.8 Å². The maximum Gasteiger partial charge on any atom is 0.454 e. The molecule has 0 spiro atoms. The molecule has 0 saturated heterocycles. The number of allylic oxidation sites excluding steroid dienone is 2. The number of benzene rings is 3. The third-order valence-corrected chi connectivity index (χ3v) is 10.5. The molecular weight excluding hydrogens is 834 g/mol. The van der Waals surface area contributed by atoms with Crippen molar-refractivity contribution in [2.45, 2.75) is 92.2 Å². The standard InChI is InChI=1S/C34H35N2S.C7H9F3O2.Ir/c1-21-16-24(17-23-10-6-7-11-23)14-15-27(21)32-22(2)30-33(37-32)31(36-20-35-30)26-18-25-12-8-9-13-28(25)29(19-26)34(3,4)5;1-4(2)5(11)3-6(12)7(8,9)10;/h8-9,12-16,19-20,23H,6-7,10-11,17H2,1-5H3;3-4,11H,1-2H3;/q-1;;/b;5-3-;. The van der Waals surface area contributed by atoms with E-state index in [1.165, 1.54) is 84.0 Å². The number of rotatable bonds is 6. The number of carbonyl (C=O) groups excluding carboxylic acids is 1. The first-order chi connectivity index (χ1) is 23.0. The Kier molecular flexibility index (Phi) is 12.5. The third-order valence-electron chi connectivity index (χ3n) is 9.23. The molecule has 1 fully saturated rings. The van der Waals surface area contributed by atoms with Gasteiger partial charge in [0.05, 0.1) is 11.3 Å². The van der Waals surface area contributed by atoms with E-state index in [9.17, 15) is 18.0 Å². The van der Waals surface area contributed by atoms with E-state index in [-0.39, 0.29) is 31.6 Å². The molecule has 4 nitrogen and oxygen atoms in total. The molecule has 1 saturated carbocycles. The van der Waals surface area contributed by atoms with Crippen molar-refractivity contribution in [2.75, 3.05) is 0 Å². The predicted molar refractivity (Wildman–Crippen MR) is 195 cm³/mol. The number of hydrogen-bond acceptors (Lipinski definition) is 5. The molecule has 1 N–H and O–H groups in total. The van der Waals surface area contributed by atoms with Gasteiger partial charge < -0.3 is 5.11 Å². The number of aryl methyl sites for hydroxylation is 2. The molecule has 0 unspecified atom stereocenters. The van der Waals surface area contributed by atoms with Crippen molar-refractivity contribution in [1.82, 2.24) is 9.97 Å². The fourth-order valence-corrected chi connectivity index (χ4v) is 7.84. The van der Waals surface area contributed by atoms with E-state index in [4.69, 9.17) is 15.1 Å². The molecule has 5 aromatic rings. The van der Waals surface area contributed by atoms with Gasteiger partial charge in [0.1, 0.15) is 6.33 Å². The number of aliphatic hydroxyl groups is 1. The predicted octanol–water partition coefficient (Wildman–Crippen LogP) is 11.8. The summed E-state index contributed by atoms with van der Waals surface area (Å²) in [7, 11) is 0. The first kappa shape index (κ1) is 39.4. The molecule has 267 valence electrons. The summed E-state index contributed by atoms with van der Waals surface area (Å²) in [5.74, 6) is -2.20. The molecule has 50 heavy (non-hydrogen) atoms. The normalized spacial score (nSPS) is 14.2. The van der Waals surface area contributed by atoms with Crippen LogP contribution in [0.4, 0.5) is 13.2 Å². The van der Waals surface area contributed by atoms with Gasteiger partial charge in [0, 0.05) is 47.4 Å². The quantitative estimate of drug-likeness (QED) is 0.105. The van der Waals surface area contributed by atoms with E-state index < -0.39 is 23.6 Å². The number of aliphatic hydroxyl groups excluding tert-OH is 1. The minimum absolute atomic E-state index is 0. The molecular formula is C41H44F3IrN2O2S-. The number of nitrogens with zero attached hydrogens (tertiary/aromatic N) is 2. The fourth-order valence-electron chi connectivity index (χ4n) is 6.49. The van der Waals surface area contributed by atoms with Gasteiger partial charge in [0.25, 0.3) is 5.78 Å². The number of carbonyl (C=O) groups is 1. The molecule has 0 aliphatic heterocycles. The summed E-state index contributed by atoms with van der Waals surface area (Å²) >= 11 is 1.83. The summed E-state index contributed by atoms with van der Waals surface area (Å²) in [6, 6.07) is 21.7. The maximum absolute atomic E-state index is 11.6. The molecule has 0 bridgehead atoms. The molecule has 0 amide bonds. The summed E-state index contributed by atoms with van der Waals surface area (Å²) in [6.07, 6.45) is 3.82. The van der Waals surface area contributed by atoms with Crippen LogP contribution in [-0.4, -0.2) is 27.0 Å². The molecule has 0 atom stereocenters. The Morgan fingerprint density at radius 3 is 2.34 bits per heavy atom. The largest absolute Gasteiger partial charge is 0.512 e. The van der Waals surface area contributed by atoms with Gasteiger partial charge in [-0.3, -0.25) is 9.78 Å². The van der Waals surface area contributed by atoms with Gasteiger partial charge in [-0.2, -0.15) is 13.2 Å². The molecule has 1 aliphatic carbocycles. The first-order valence-corrected chi connectivity index (χ1v) is 17.7. The van der Waals surface area contributed by atoms with Crippen LogP contribution >= 0.6 is 11.3 Å². The van der Waals surface area contributed by atoms with E-state index in [1.54, 1.807) is 6.33 Å². The Hall–Kier alpha value is -3.39. The van der Waals surface area contributed by atoms with Gasteiger partial charge in [0.2, 0.25) is 0 Å². The van der Waals surface area contributed by atoms with Crippen LogP contribution < -0.4 is 0 Å². The number of thiophene rings is 1. The van der Waals surface area contributed by atoms with Crippen molar-refractivity contribution >= 4 is 38.1 Å². The van der Waals surface area contributed by atoms with E-state index >= 15 is 0 Å². The fraction of sp³-hybridized carbons (Fsp3) is 0.390. The second kappa shape index (κ2) is 15.9. The summed E-state index contributed by atoms with van der Waals surface area (Å²) in [5, 5.41) is 11.2. The summed E-state index contributed by atoms with van der Waals surface area (Å²) in [6.45, 7) is 14.3. The number of aromatic nitrogens is 2. The van der Waals surface area contributed by atoms with E-state index in [2.05, 4.69) is 89.2 Å². The Morgan fingerprint density at radius 2 is 1.72 bits per heavy atom. The molecule has 1 aliphatic rings. The van der Waals surface area contributed by atoms with Crippen LogP contribution in [0.15, 0.2) is 66.7 Å². The van der Waals surface area contributed by atoms with Gasteiger partial charge in [-0.25, -0.2) is 4.98 Å². The van der Waals surface area contributed by atoms with Crippen LogP contribution in [0, 0.1) is 31.7 Å². The van der Waals surface area contributed by atoms with Crippen LogP contribution in [0.2, 0.25) is 0 Å². The maximum atomic E-state index is 11.6. The molecule has 6 rings (SSSR count). The Labute approximate surface area is 310 Å². The number of alkyl halides is 3. The van der Waals surface area contributed by atoms with Gasteiger partial charge in [-0.1, -0.05) is 108 Å². The number of halogens is 3. The van der Waals surface area contributed by atoms with Crippen LogP contribution in [0.3, 0.4) is 0 Å². The van der Waals surface area contributed by atoms with Crippen LogP contribution in [-0.2, 0) is 36.7 Å². The number of fused-ring (bicyclic) bond motifs is 2. The molecule has 2 heterocycles. The summed E-state index contributed by atoms with van der Waals surface area (Å²) < 4.78 is 35.9. The second-order valence-corrected chi connectivity index (χ2v) is 15.5. The summed E-state index contributed by atoms with van der Waals surface area (Å²) in [5.41, 5.74) is 9.82. The van der Waals surface area contributed by atoms with E-state index in [1.807, 2.05) is 11.3 Å². The summed E-state index contributed by atoms with van der Waals surface area (Å²) in [4.78, 5) is 21.1. The zero-order valence-corrected chi connectivity index (χ0v) is 32.8. The third kappa shape index (κ3) is 8.90. The van der Waals surface area contributed by atoms with Crippen LogP contribution in [0.5, 0.6) is 0 Å². The topological polar surface area (TPSA) is 63.1 Å². The number of hydrogen-bond donors (Lipinski definition) is 1. The molecule has 2 aromatic heterocycles. The molecule has 1 radical (unpaired) electrons. The van der Waals surface area contributed by atoms with Crippen LogP contribution in [0.1, 0.15) is 82.6 Å². The second-order valence-electron chi connectivity index (χ2n) is 14.4.